The van der Waals surface area contributed by atoms with E-state index in [0.717, 1.165) is 17.7 Å². The Kier molecular flexibility index (Phi) is 5.85. The molecule has 0 bridgehead atoms. The van der Waals surface area contributed by atoms with Crippen molar-refractivity contribution < 1.29 is 5.11 Å². The number of thioether (sulfide) groups is 1. The van der Waals surface area contributed by atoms with Crippen LogP contribution < -0.4 is 5.73 Å². The molecule has 112 valence electrons. The third kappa shape index (κ3) is 3.87. The fourth-order valence-electron chi connectivity index (χ4n) is 1.94. The Morgan fingerprint density at radius 1 is 1.62 bits per heavy atom. The number of aliphatic hydroxyl groups is 1. The number of halogens is 1. The number of nitrogens with zero attached hydrogens (tertiary/aromatic N) is 2. The van der Waals surface area contributed by atoms with Crippen molar-refractivity contribution in [2.45, 2.75) is 36.3 Å². The Balaban J connectivity index is 2.20. The van der Waals surface area contributed by atoms with E-state index >= 15 is 0 Å². The number of hydrogen-bond donors (Lipinski definition) is 2. The molecule has 1 aliphatic rings. The quantitative estimate of drug-likeness (QED) is 0.630. The zero-order valence-electron chi connectivity index (χ0n) is 11.5. The molecule has 0 radical (unpaired) electrons. The zero-order valence-corrected chi connectivity index (χ0v) is 13.9. The first-order chi connectivity index (χ1) is 10.1. The molecule has 0 saturated heterocycles. The maximum absolute atomic E-state index is 10.1. The molecule has 0 spiro atoms. The highest BCUT2D eigenvalue weighted by molar-refractivity contribution is 8.03. The SMILES string of the molecule is CCC[C@@H](Sc1ccc(Cl)cc1C#N)N1SC=C(N)C1O. The number of nitriles is 1. The van der Waals surface area contributed by atoms with E-state index in [2.05, 4.69) is 13.0 Å². The summed E-state index contributed by atoms with van der Waals surface area (Å²) >= 11 is 8.88. The topological polar surface area (TPSA) is 73.3 Å². The fourth-order valence-corrected chi connectivity index (χ4v) is 4.47. The van der Waals surface area contributed by atoms with Gasteiger partial charge in [0.2, 0.25) is 0 Å². The van der Waals surface area contributed by atoms with E-state index < -0.39 is 6.23 Å². The van der Waals surface area contributed by atoms with Crippen LogP contribution in [0.2, 0.25) is 5.02 Å². The summed E-state index contributed by atoms with van der Waals surface area (Å²) in [6.45, 7) is 2.09. The Bertz CT molecular complexity index is 588. The Morgan fingerprint density at radius 2 is 2.38 bits per heavy atom. The van der Waals surface area contributed by atoms with Crippen LogP contribution in [0.15, 0.2) is 34.2 Å². The normalized spacial score (nSPS) is 20.1. The molecule has 21 heavy (non-hydrogen) atoms. The lowest BCUT2D eigenvalue weighted by atomic mass is 10.2. The van der Waals surface area contributed by atoms with Crippen LogP contribution in [0.25, 0.3) is 0 Å². The predicted octanol–water partition coefficient (Wildman–Crippen LogP) is 3.51. The average molecular weight is 342 g/mol. The molecule has 7 heteroatoms. The molecule has 0 aromatic heterocycles. The highest BCUT2D eigenvalue weighted by atomic mass is 35.5. The van der Waals surface area contributed by atoms with Crippen molar-refractivity contribution in [3.8, 4) is 6.07 Å². The molecule has 3 N–H and O–H groups in total. The van der Waals surface area contributed by atoms with E-state index in [1.807, 2.05) is 10.4 Å². The lowest BCUT2D eigenvalue weighted by molar-refractivity contribution is 0.0993. The summed E-state index contributed by atoms with van der Waals surface area (Å²) in [5, 5.41) is 21.7. The van der Waals surface area contributed by atoms with Gasteiger partial charge in [-0.15, -0.1) is 11.8 Å². The van der Waals surface area contributed by atoms with Crippen molar-refractivity contribution >= 4 is 35.3 Å². The van der Waals surface area contributed by atoms with Gasteiger partial charge in [0.05, 0.1) is 16.6 Å². The smallest absolute Gasteiger partial charge is 0.158 e. The van der Waals surface area contributed by atoms with Crippen molar-refractivity contribution in [2.75, 3.05) is 0 Å². The molecule has 1 unspecified atom stereocenters. The van der Waals surface area contributed by atoms with Crippen LogP contribution in [0.4, 0.5) is 0 Å². The summed E-state index contributed by atoms with van der Waals surface area (Å²) in [6, 6.07) is 7.44. The van der Waals surface area contributed by atoms with Gasteiger partial charge in [0.25, 0.3) is 0 Å². The first kappa shape index (κ1) is 16.5. The van der Waals surface area contributed by atoms with Crippen LogP contribution in [0.5, 0.6) is 0 Å². The van der Waals surface area contributed by atoms with Crippen molar-refractivity contribution in [3.63, 3.8) is 0 Å². The largest absolute Gasteiger partial charge is 0.398 e. The van der Waals surface area contributed by atoms with E-state index in [1.165, 1.54) is 11.9 Å². The van der Waals surface area contributed by atoms with Gasteiger partial charge in [-0.1, -0.05) is 24.9 Å². The van der Waals surface area contributed by atoms with Crippen molar-refractivity contribution in [1.82, 2.24) is 4.31 Å². The van der Waals surface area contributed by atoms with Gasteiger partial charge in [-0.05, 0) is 36.6 Å². The van der Waals surface area contributed by atoms with Crippen LogP contribution >= 0.6 is 35.3 Å². The molecule has 2 atom stereocenters. The summed E-state index contributed by atoms with van der Waals surface area (Å²) in [5.74, 6) is 0. The number of nitrogens with two attached hydrogens (primary N) is 1. The van der Waals surface area contributed by atoms with Gasteiger partial charge in [0.15, 0.2) is 6.23 Å². The molecule has 1 aliphatic heterocycles. The number of benzene rings is 1. The Hall–Kier alpha value is -0.840. The summed E-state index contributed by atoms with van der Waals surface area (Å²) < 4.78 is 1.86. The molecule has 1 aromatic rings. The van der Waals surface area contributed by atoms with E-state index in [9.17, 15) is 10.4 Å². The molecule has 0 saturated carbocycles. The molecule has 1 heterocycles. The van der Waals surface area contributed by atoms with Crippen LogP contribution in [0, 0.1) is 11.3 Å². The summed E-state index contributed by atoms with van der Waals surface area (Å²) in [4.78, 5) is 0.860. The first-order valence-corrected chi connectivity index (χ1v) is 8.61. The average Bonchev–Trinajstić information content (AvgIpc) is 2.80. The molecule has 0 aliphatic carbocycles. The molecular weight excluding hydrogens is 326 g/mol. The second-order valence-corrected chi connectivity index (χ2v) is 7.09. The van der Waals surface area contributed by atoms with Crippen molar-refractivity contribution in [1.29, 1.82) is 5.26 Å². The highest BCUT2D eigenvalue weighted by Crippen LogP contribution is 2.39. The lowest BCUT2D eigenvalue weighted by Gasteiger charge is -2.29. The summed E-state index contributed by atoms with van der Waals surface area (Å²) in [7, 11) is 0. The molecular formula is C14H16ClN3OS2. The standard InChI is InChI=1S/C14H16ClN3OS2/c1-2-3-13(18-14(19)11(17)8-20-18)21-12-5-4-10(15)6-9(12)7-16/h4-6,8,13-14,19H,2-3,17H2,1H3/t13-,14?/m1/s1. The van der Waals surface area contributed by atoms with Gasteiger partial charge in [0, 0.05) is 15.3 Å². The maximum Gasteiger partial charge on any atom is 0.158 e. The minimum absolute atomic E-state index is 0.0283. The van der Waals surface area contributed by atoms with Crippen LogP contribution in [-0.2, 0) is 0 Å². The molecule has 0 fully saturated rings. The fraction of sp³-hybridized carbons (Fsp3) is 0.357. The monoisotopic (exact) mass is 341 g/mol. The second-order valence-electron chi connectivity index (χ2n) is 4.57. The van der Waals surface area contributed by atoms with Crippen LogP contribution in [0.1, 0.15) is 25.3 Å². The van der Waals surface area contributed by atoms with E-state index in [1.54, 1.807) is 29.3 Å². The summed E-state index contributed by atoms with van der Waals surface area (Å²) in [5.41, 5.74) is 6.75. The van der Waals surface area contributed by atoms with Gasteiger partial charge in [-0.3, -0.25) is 0 Å². The zero-order chi connectivity index (χ0) is 15.4. The van der Waals surface area contributed by atoms with Gasteiger partial charge in [-0.25, -0.2) is 4.31 Å². The highest BCUT2D eigenvalue weighted by Gasteiger charge is 2.31. The Morgan fingerprint density at radius 3 is 2.95 bits per heavy atom. The maximum atomic E-state index is 10.1. The first-order valence-electron chi connectivity index (χ1n) is 6.51. The molecule has 2 rings (SSSR count). The van der Waals surface area contributed by atoms with Crippen molar-refractivity contribution in [2.24, 2.45) is 5.73 Å². The molecule has 4 nitrogen and oxygen atoms in total. The molecule has 1 aromatic carbocycles. The third-order valence-corrected chi connectivity index (χ3v) is 5.78. The Labute approximate surface area is 138 Å². The number of hydrogen-bond acceptors (Lipinski definition) is 6. The van der Waals surface area contributed by atoms with Gasteiger partial charge in [-0.2, -0.15) is 5.26 Å². The van der Waals surface area contributed by atoms with E-state index in [0.29, 0.717) is 16.3 Å². The van der Waals surface area contributed by atoms with E-state index in [-0.39, 0.29) is 5.37 Å². The van der Waals surface area contributed by atoms with Gasteiger partial charge in [0.1, 0.15) is 6.07 Å². The second kappa shape index (κ2) is 7.43. The minimum Gasteiger partial charge on any atom is -0.398 e. The summed E-state index contributed by atoms with van der Waals surface area (Å²) in [6.07, 6.45) is 1.07. The lowest BCUT2D eigenvalue weighted by Crippen LogP contribution is -2.36. The predicted molar refractivity (Wildman–Crippen MR) is 88.4 cm³/mol. The van der Waals surface area contributed by atoms with Gasteiger partial charge < -0.3 is 10.8 Å². The minimum atomic E-state index is -0.781. The number of rotatable bonds is 5. The van der Waals surface area contributed by atoms with Crippen LogP contribution in [-0.4, -0.2) is 21.0 Å². The van der Waals surface area contributed by atoms with Gasteiger partial charge >= 0.3 is 0 Å². The van der Waals surface area contributed by atoms with E-state index in [4.69, 9.17) is 17.3 Å². The number of aliphatic hydroxyl groups excluding tert-OH is 1. The van der Waals surface area contributed by atoms with Crippen molar-refractivity contribution in [3.05, 3.63) is 39.9 Å². The third-order valence-electron chi connectivity index (χ3n) is 2.99. The molecule has 0 amide bonds. The van der Waals surface area contributed by atoms with Crippen LogP contribution in [0.3, 0.4) is 0 Å².